The van der Waals surface area contributed by atoms with Crippen LogP contribution in [0.1, 0.15) is 24.5 Å². The molecule has 2 amide bonds. The summed E-state index contributed by atoms with van der Waals surface area (Å²) in [5, 5.41) is 2.95. The first-order valence-electron chi connectivity index (χ1n) is 14.7. The van der Waals surface area contributed by atoms with Crippen LogP contribution in [0.3, 0.4) is 0 Å². The number of methoxy groups -OCH3 is 2. The van der Waals surface area contributed by atoms with E-state index in [0.29, 0.717) is 18.0 Å². The van der Waals surface area contributed by atoms with E-state index in [9.17, 15) is 18.0 Å². The third kappa shape index (κ3) is 8.42. The first kappa shape index (κ1) is 33.1. The van der Waals surface area contributed by atoms with Gasteiger partial charge in [0.05, 0.1) is 24.8 Å². The molecule has 0 radical (unpaired) electrons. The first-order valence-corrected chi connectivity index (χ1v) is 16.2. The number of nitrogens with zero attached hydrogens (tertiary/aromatic N) is 2. The fourth-order valence-electron chi connectivity index (χ4n) is 4.93. The number of amides is 2. The van der Waals surface area contributed by atoms with Crippen molar-refractivity contribution in [1.29, 1.82) is 0 Å². The molecule has 4 aromatic rings. The van der Waals surface area contributed by atoms with Crippen LogP contribution in [0.15, 0.2) is 114 Å². The maximum Gasteiger partial charge on any atom is 0.264 e. The topological polar surface area (TPSA) is 105 Å². The van der Waals surface area contributed by atoms with E-state index in [0.717, 1.165) is 21.9 Å². The number of hydrogen-bond donors (Lipinski definition) is 1. The van der Waals surface area contributed by atoms with Crippen LogP contribution in [0.2, 0.25) is 0 Å². The van der Waals surface area contributed by atoms with Crippen molar-refractivity contribution >= 4 is 27.5 Å². The molecule has 0 bridgehead atoms. The third-order valence-corrected chi connectivity index (χ3v) is 9.07. The Kier molecular flexibility index (Phi) is 11.6. The molecule has 0 spiro atoms. The molecule has 9 nitrogen and oxygen atoms in total. The van der Waals surface area contributed by atoms with Gasteiger partial charge >= 0.3 is 0 Å². The molecule has 0 aliphatic rings. The summed E-state index contributed by atoms with van der Waals surface area (Å²) in [5.74, 6) is -0.141. The van der Waals surface area contributed by atoms with E-state index in [2.05, 4.69) is 5.32 Å². The van der Waals surface area contributed by atoms with E-state index < -0.39 is 28.5 Å². The Morgan fingerprint density at radius 3 is 1.93 bits per heavy atom. The van der Waals surface area contributed by atoms with Gasteiger partial charge in [-0.25, -0.2) is 8.42 Å². The van der Waals surface area contributed by atoms with Crippen LogP contribution < -0.4 is 19.1 Å². The van der Waals surface area contributed by atoms with E-state index in [-0.39, 0.29) is 29.5 Å². The van der Waals surface area contributed by atoms with Crippen molar-refractivity contribution in [3.05, 3.63) is 120 Å². The van der Waals surface area contributed by atoms with Crippen molar-refractivity contribution in [2.75, 3.05) is 31.6 Å². The van der Waals surface area contributed by atoms with Crippen LogP contribution in [-0.4, -0.2) is 58.5 Å². The average Bonchev–Trinajstić information content (AvgIpc) is 3.08. The molecule has 0 aliphatic carbocycles. The number of nitrogens with one attached hydrogen (secondary N) is 1. The lowest BCUT2D eigenvalue weighted by atomic mass is 10.0. The van der Waals surface area contributed by atoms with Gasteiger partial charge in [-0.15, -0.1) is 0 Å². The van der Waals surface area contributed by atoms with Gasteiger partial charge in [-0.3, -0.25) is 13.9 Å². The predicted octanol–water partition coefficient (Wildman–Crippen LogP) is 5.07. The van der Waals surface area contributed by atoms with E-state index in [1.807, 2.05) is 67.6 Å². The van der Waals surface area contributed by atoms with Gasteiger partial charge in [0.15, 0.2) is 11.5 Å². The van der Waals surface area contributed by atoms with Crippen molar-refractivity contribution in [3.63, 3.8) is 0 Å². The fourth-order valence-corrected chi connectivity index (χ4v) is 6.36. The van der Waals surface area contributed by atoms with Crippen LogP contribution in [0.25, 0.3) is 0 Å². The van der Waals surface area contributed by atoms with Gasteiger partial charge in [0.1, 0.15) is 12.6 Å². The average molecular weight is 630 g/mol. The highest BCUT2D eigenvalue weighted by atomic mass is 32.2. The third-order valence-electron chi connectivity index (χ3n) is 7.28. The molecule has 10 heteroatoms. The summed E-state index contributed by atoms with van der Waals surface area (Å²) >= 11 is 0. The molecule has 4 aromatic carbocycles. The second kappa shape index (κ2) is 15.8. The van der Waals surface area contributed by atoms with Crippen LogP contribution in [-0.2, 0) is 32.6 Å². The monoisotopic (exact) mass is 629 g/mol. The number of anilines is 1. The van der Waals surface area contributed by atoms with Gasteiger partial charge in [0.25, 0.3) is 10.0 Å². The minimum Gasteiger partial charge on any atom is -0.493 e. The largest absolute Gasteiger partial charge is 0.493 e. The highest BCUT2D eigenvalue weighted by Crippen LogP contribution is 2.34. The van der Waals surface area contributed by atoms with E-state index in [1.54, 1.807) is 30.3 Å². The number of hydrogen-bond acceptors (Lipinski definition) is 6. The maximum atomic E-state index is 14.5. The van der Waals surface area contributed by atoms with Gasteiger partial charge in [0, 0.05) is 25.6 Å². The number of sulfonamides is 1. The summed E-state index contributed by atoms with van der Waals surface area (Å²) in [7, 11) is -1.29. The number of carbonyl (C=O) groups excluding carboxylic acids is 2. The Bertz CT molecular complexity index is 1650. The lowest BCUT2D eigenvalue weighted by molar-refractivity contribution is -0.140. The lowest BCUT2D eigenvalue weighted by Crippen LogP contribution is -2.53. The summed E-state index contributed by atoms with van der Waals surface area (Å²) in [5.41, 5.74) is 1.88. The minimum absolute atomic E-state index is 0.0173. The number of benzene rings is 4. The number of rotatable bonds is 15. The molecule has 0 fully saturated rings. The molecular formula is C35H39N3O6S. The van der Waals surface area contributed by atoms with Crippen LogP contribution >= 0.6 is 0 Å². The molecule has 1 N–H and O–H groups in total. The molecule has 0 saturated heterocycles. The quantitative estimate of drug-likeness (QED) is 0.197. The van der Waals surface area contributed by atoms with Crippen LogP contribution in [0.5, 0.6) is 11.5 Å². The molecule has 1 atom stereocenters. The summed E-state index contributed by atoms with van der Waals surface area (Å²) in [6.07, 6.45) is 0.968. The highest BCUT2D eigenvalue weighted by molar-refractivity contribution is 7.92. The number of carbonyl (C=O) groups is 2. The zero-order valence-electron chi connectivity index (χ0n) is 25.8. The normalized spacial score (nSPS) is 11.7. The molecular weight excluding hydrogens is 590 g/mol. The van der Waals surface area contributed by atoms with E-state index in [1.165, 1.54) is 37.3 Å². The summed E-state index contributed by atoms with van der Waals surface area (Å²) in [6, 6.07) is 30.5. The van der Waals surface area contributed by atoms with Crippen molar-refractivity contribution in [3.8, 4) is 11.5 Å². The molecule has 236 valence electrons. The number of ether oxygens (including phenoxy) is 2. The molecule has 45 heavy (non-hydrogen) atoms. The zero-order valence-corrected chi connectivity index (χ0v) is 26.6. The fraction of sp³-hybridized carbons (Fsp3) is 0.257. The summed E-state index contributed by atoms with van der Waals surface area (Å²) in [4.78, 5) is 29.7. The van der Waals surface area contributed by atoms with Gasteiger partial charge in [0.2, 0.25) is 11.8 Å². The van der Waals surface area contributed by atoms with Crippen molar-refractivity contribution in [2.24, 2.45) is 0 Å². The van der Waals surface area contributed by atoms with Gasteiger partial charge in [-0.05, 0) is 41.8 Å². The second-order valence-electron chi connectivity index (χ2n) is 10.4. The van der Waals surface area contributed by atoms with E-state index in [4.69, 9.17) is 9.47 Å². The molecule has 4 rings (SSSR count). The predicted molar refractivity (Wildman–Crippen MR) is 175 cm³/mol. The Balaban J connectivity index is 1.81. The Labute approximate surface area is 265 Å². The molecule has 0 heterocycles. The molecule has 0 aliphatic heterocycles. The Hall–Kier alpha value is -4.83. The minimum atomic E-state index is -4.23. The van der Waals surface area contributed by atoms with E-state index >= 15 is 0 Å². The highest BCUT2D eigenvalue weighted by Gasteiger charge is 2.34. The smallest absolute Gasteiger partial charge is 0.264 e. The van der Waals surface area contributed by atoms with Gasteiger partial charge < -0.3 is 19.7 Å². The summed E-state index contributed by atoms with van der Waals surface area (Å²) in [6.45, 7) is 1.93. The van der Waals surface area contributed by atoms with Gasteiger partial charge in [-0.2, -0.15) is 0 Å². The van der Waals surface area contributed by atoms with Gasteiger partial charge in [-0.1, -0.05) is 85.8 Å². The van der Waals surface area contributed by atoms with Crippen molar-refractivity contribution in [1.82, 2.24) is 10.2 Å². The summed E-state index contributed by atoms with van der Waals surface area (Å²) < 4.78 is 40.2. The maximum absolute atomic E-state index is 14.5. The zero-order chi connectivity index (χ0) is 32.2. The molecule has 0 aromatic heterocycles. The first-order chi connectivity index (χ1) is 21.8. The Morgan fingerprint density at radius 1 is 0.778 bits per heavy atom. The molecule has 0 saturated carbocycles. The van der Waals surface area contributed by atoms with Crippen LogP contribution in [0, 0.1) is 0 Å². The lowest BCUT2D eigenvalue weighted by Gasteiger charge is -2.34. The van der Waals surface area contributed by atoms with Crippen molar-refractivity contribution < 1.29 is 27.5 Å². The van der Waals surface area contributed by atoms with Crippen molar-refractivity contribution in [2.45, 2.75) is 37.2 Å². The Morgan fingerprint density at radius 2 is 1.36 bits per heavy atom. The van der Waals surface area contributed by atoms with Crippen LogP contribution in [0.4, 0.5) is 5.69 Å². The molecule has 0 unspecified atom stereocenters. The standard InChI is InChI=1S/C35H39N3O6S/c1-4-22-36-35(40)31(23-27-14-8-5-9-15-27)37(25-28-16-10-6-11-17-28)34(39)26-38(45(41,42)30-18-12-7-13-19-30)29-20-21-32(43-2)33(24-29)44-3/h5-21,24,31H,4,22-23,25-26H2,1-3H3,(H,36,40)/t31-/m1/s1. The SMILES string of the molecule is CCCNC(=O)[C@@H](Cc1ccccc1)N(Cc1ccccc1)C(=O)CN(c1ccc(OC)c(OC)c1)S(=O)(=O)c1ccccc1. The second-order valence-corrected chi connectivity index (χ2v) is 12.2.